The molecule has 0 aliphatic heterocycles. The van der Waals surface area contributed by atoms with Crippen molar-refractivity contribution >= 4 is 0 Å². The summed E-state index contributed by atoms with van der Waals surface area (Å²) in [5, 5.41) is 14.3. The van der Waals surface area contributed by atoms with Gasteiger partial charge in [0.1, 0.15) is 0 Å². The summed E-state index contributed by atoms with van der Waals surface area (Å²) < 4.78 is 1.91. The van der Waals surface area contributed by atoms with Crippen molar-refractivity contribution in [1.29, 1.82) is 0 Å². The number of hydrogen-bond donors (Lipinski definition) is 1. The third kappa shape index (κ3) is 1.98. The molecule has 0 bridgehead atoms. The first-order valence-corrected chi connectivity index (χ1v) is 5.82. The monoisotopic (exact) mass is 230 g/mol. The number of aliphatic hydroxyl groups excluding tert-OH is 1. The number of benzene rings is 1. The molecule has 0 saturated heterocycles. The fourth-order valence-corrected chi connectivity index (χ4v) is 1.99. The molecule has 0 spiro atoms. The molecule has 3 nitrogen and oxygen atoms in total. The molecule has 2 rings (SSSR count). The summed E-state index contributed by atoms with van der Waals surface area (Å²) in [6.45, 7) is 7.90. The lowest BCUT2D eigenvalue weighted by Crippen LogP contribution is -2.05. The summed E-state index contributed by atoms with van der Waals surface area (Å²) in [7, 11) is 0. The Morgan fingerprint density at radius 2 is 1.82 bits per heavy atom. The number of rotatable bonds is 2. The zero-order valence-corrected chi connectivity index (χ0v) is 10.7. The molecule has 0 unspecified atom stereocenters. The van der Waals surface area contributed by atoms with Crippen molar-refractivity contribution in [2.45, 2.75) is 33.8 Å². The van der Waals surface area contributed by atoms with Crippen LogP contribution in [0.4, 0.5) is 0 Å². The second kappa shape index (κ2) is 4.34. The Morgan fingerprint density at radius 1 is 1.18 bits per heavy atom. The van der Waals surface area contributed by atoms with Gasteiger partial charge in [-0.25, -0.2) is 4.68 Å². The van der Waals surface area contributed by atoms with Gasteiger partial charge in [-0.3, -0.25) is 0 Å². The minimum Gasteiger partial charge on any atom is -0.389 e. The van der Waals surface area contributed by atoms with Crippen molar-refractivity contribution in [3.05, 3.63) is 46.8 Å². The van der Waals surface area contributed by atoms with Gasteiger partial charge in [-0.05, 0) is 39.3 Å². The first-order valence-electron chi connectivity index (χ1n) is 5.82. The van der Waals surface area contributed by atoms with E-state index in [1.165, 1.54) is 5.56 Å². The molecule has 1 N–H and O–H groups in total. The summed E-state index contributed by atoms with van der Waals surface area (Å²) in [5.74, 6) is 0. The number of para-hydroxylation sites is 1. The Morgan fingerprint density at radius 3 is 2.35 bits per heavy atom. The lowest BCUT2D eigenvalue weighted by molar-refractivity contribution is 0.199. The van der Waals surface area contributed by atoms with Gasteiger partial charge in [-0.15, -0.1) is 0 Å². The fraction of sp³-hybridized carbons (Fsp3) is 0.357. The summed E-state index contributed by atoms with van der Waals surface area (Å²) in [5.41, 5.74) is 5.21. The van der Waals surface area contributed by atoms with Crippen LogP contribution in [0.3, 0.4) is 0 Å². The van der Waals surface area contributed by atoms with Crippen molar-refractivity contribution in [1.82, 2.24) is 9.78 Å². The minimum atomic E-state index is -0.490. The van der Waals surface area contributed by atoms with Crippen LogP contribution >= 0.6 is 0 Å². The molecule has 0 fully saturated rings. The SMILES string of the molecule is Cc1nn(-c2ccccc2[C@H](C)O)c(C)c1C. The van der Waals surface area contributed by atoms with Crippen LogP contribution in [0.5, 0.6) is 0 Å². The van der Waals surface area contributed by atoms with Crippen LogP contribution < -0.4 is 0 Å². The summed E-state index contributed by atoms with van der Waals surface area (Å²) in [6, 6.07) is 7.82. The number of aliphatic hydroxyl groups is 1. The molecule has 0 radical (unpaired) electrons. The maximum atomic E-state index is 9.79. The Labute approximate surface area is 102 Å². The van der Waals surface area contributed by atoms with Crippen molar-refractivity contribution < 1.29 is 5.11 Å². The van der Waals surface area contributed by atoms with Gasteiger partial charge in [0.15, 0.2) is 0 Å². The minimum absolute atomic E-state index is 0.490. The van der Waals surface area contributed by atoms with E-state index in [1.807, 2.05) is 42.8 Å². The Bertz CT molecular complexity index is 541. The molecule has 90 valence electrons. The molecule has 0 saturated carbocycles. The molecule has 1 heterocycles. The third-order valence-electron chi connectivity index (χ3n) is 3.27. The van der Waals surface area contributed by atoms with E-state index in [9.17, 15) is 5.11 Å². The van der Waals surface area contributed by atoms with Crippen LogP contribution in [0.15, 0.2) is 24.3 Å². The Balaban J connectivity index is 2.64. The first kappa shape index (κ1) is 11.9. The summed E-state index contributed by atoms with van der Waals surface area (Å²) in [6.07, 6.45) is -0.490. The van der Waals surface area contributed by atoms with Crippen molar-refractivity contribution in [3.8, 4) is 5.69 Å². The number of nitrogens with zero attached hydrogens (tertiary/aromatic N) is 2. The zero-order valence-electron chi connectivity index (χ0n) is 10.7. The van der Waals surface area contributed by atoms with Crippen LogP contribution in [0, 0.1) is 20.8 Å². The second-order valence-electron chi connectivity index (χ2n) is 4.44. The number of aryl methyl sites for hydroxylation is 1. The number of hydrogen-bond acceptors (Lipinski definition) is 2. The number of aromatic nitrogens is 2. The van der Waals surface area contributed by atoms with Crippen LogP contribution in [-0.4, -0.2) is 14.9 Å². The topological polar surface area (TPSA) is 38.0 Å². The highest BCUT2D eigenvalue weighted by atomic mass is 16.3. The van der Waals surface area contributed by atoms with Gasteiger partial charge in [-0.2, -0.15) is 5.10 Å². The third-order valence-corrected chi connectivity index (χ3v) is 3.27. The molecule has 0 aliphatic rings. The van der Waals surface area contributed by atoms with Crippen LogP contribution in [0.25, 0.3) is 5.69 Å². The summed E-state index contributed by atoms with van der Waals surface area (Å²) >= 11 is 0. The van der Waals surface area contributed by atoms with Gasteiger partial charge in [0, 0.05) is 11.3 Å². The van der Waals surface area contributed by atoms with Crippen molar-refractivity contribution in [3.63, 3.8) is 0 Å². The van der Waals surface area contributed by atoms with E-state index >= 15 is 0 Å². The summed E-state index contributed by atoms with van der Waals surface area (Å²) in [4.78, 5) is 0. The quantitative estimate of drug-likeness (QED) is 0.861. The predicted molar refractivity (Wildman–Crippen MR) is 68.4 cm³/mol. The molecule has 17 heavy (non-hydrogen) atoms. The van der Waals surface area contributed by atoms with Gasteiger partial charge >= 0.3 is 0 Å². The van der Waals surface area contributed by atoms with E-state index in [1.54, 1.807) is 6.92 Å². The average molecular weight is 230 g/mol. The highest BCUT2D eigenvalue weighted by Crippen LogP contribution is 2.24. The van der Waals surface area contributed by atoms with E-state index in [0.717, 1.165) is 22.6 Å². The molecule has 0 amide bonds. The molecule has 0 aliphatic carbocycles. The van der Waals surface area contributed by atoms with Gasteiger partial charge in [-0.1, -0.05) is 18.2 Å². The molecule has 1 atom stereocenters. The van der Waals surface area contributed by atoms with E-state index in [0.29, 0.717) is 0 Å². The smallest absolute Gasteiger partial charge is 0.0782 e. The molecule has 1 aromatic carbocycles. The molecular weight excluding hydrogens is 212 g/mol. The average Bonchev–Trinajstić information content (AvgIpc) is 2.57. The standard InChI is InChI=1S/C14H18N2O/c1-9-10(2)15-16(11(9)3)14-8-6-5-7-13(14)12(4)17/h5-8,12,17H,1-4H3/t12-/m0/s1. The van der Waals surface area contributed by atoms with Crippen LogP contribution in [0.1, 0.15) is 35.5 Å². The maximum Gasteiger partial charge on any atom is 0.0782 e. The van der Waals surface area contributed by atoms with E-state index in [4.69, 9.17) is 0 Å². The van der Waals surface area contributed by atoms with E-state index in [-0.39, 0.29) is 0 Å². The van der Waals surface area contributed by atoms with E-state index in [2.05, 4.69) is 12.0 Å². The van der Waals surface area contributed by atoms with Gasteiger partial charge in [0.25, 0.3) is 0 Å². The van der Waals surface area contributed by atoms with Gasteiger partial charge < -0.3 is 5.11 Å². The Hall–Kier alpha value is -1.61. The molecule has 3 heteroatoms. The van der Waals surface area contributed by atoms with Crippen molar-refractivity contribution in [2.75, 3.05) is 0 Å². The lowest BCUT2D eigenvalue weighted by Gasteiger charge is -2.13. The molecule has 2 aromatic rings. The van der Waals surface area contributed by atoms with Gasteiger partial charge in [0.05, 0.1) is 17.5 Å². The largest absolute Gasteiger partial charge is 0.389 e. The normalized spacial score (nSPS) is 12.8. The Kier molecular flexibility index (Phi) is 3.03. The van der Waals surface area contributed by atoms with Gasteiger partial charge in [0.2, 0.25) is 0 Å². The molecule has 1 aromatic heterocycles. The molecular formula is C14H18N2O. The zero-order chi connectivity index (χ0) is 12.6. The highest BCUT2D eigenvalue weighted by molar-refractivity contribution is 5.44. The van der Waals surface area contributed by atoms with Crippen LogP contribution in [0.2, 0.25) is 0 Å². The van der Waals surface area contributed by atoms with E-state index < -0.39 is 6.10 Å². The van der Waals surface area contributed by atoms with Crippen molar-refractivity contribution in [2.24, 2.45) is 0 Å². The lowest BCUT2D eigenvalue weighted by atomic mass is 10.1. The fourth-order valence-electron chi connectivity index (χ4n) is 1.99. The maximum absolute atomic E-state index is 9.79. The predicted octanol–water partition coefficient (Wildman–Crippen LogP) is 2.85. The second-order valence-corrected chi connectivity index (χ2v) is 4.44. The highest BCUT2D eigenvalue weighted by Gasteiger charge is 2.13. The van der Waals surface area contributed by atoms with Crippen LogP contribution in [-0.2, 0) is 0 Å². The first-order chi connectivity index (χ1) is 8.02.